The van der Waals surface area contributed by atoms with Crippen LogP contribution in [0.4, 0.5) is 0 Å². The van der Waals surface area contributed by atoms with Crippen LogP contribution in [0.3, 0.4) is 0 Å². The molecule has 0 radical (unpaired) electrons. The lowest BCUT2D eigenvalue weighted by Gasteiger charge is -2.26. The molecule has 0 heterocycles. The Morgan fingerprint density at radius 2 is 2.05 bits per heavy atom. The summed E-state index contributed by atoms with van der Waals surface area (Å²) >= 11 is 5.89. The topological polar surface area (TPSA) is 66.8 Å². The van der Waals surface area contributed by atoms with E-state index in [1.807, 2.05) is 13.8 Å². The molecule has 1 N–H and O–H groups in total. The summed E-state index contributed by atoms with van der Waals surface area (Å²) in [6.45, 7) is 3.90. The zero-order chi connectivity index (χ0) is 16.0. The summed E-state index contributed by atoms with van der Waals surface area (Å²) < 4.78 is 5.72. The van der Waals surface area contributed by atoms with Crippen LogP contribution in [0.2, 0.25) is 5.02 Å². The van der Waals surface area contributed by atoms with Gasteiger partial charge in [0.05, 0.1) is 6.42 Å². The molecule has 0 fully saturated rings. The maximum absolute atomic E-state index is 12.4. The molecule has 5 nitrogen and oxygen atoms in total. The summed E-state index contributed by atoms with van der Waals surface area (Å²) in [5.74, 6) is -0.720. The van der Waals surface area contributed by atoms with Crippen LogP contribution >= 0.6 is 11.6 Å². The first-order valence-corrected chi connectivity index (χ1v) is 7.08. The maximum Gasteiger partial charge on any atom is 0.305 e. The number of hydrogen-bond acceptors (Lipinski definition) is 3. The van der Waals surface area contributed by atoms with Crippen molar-refractivity contribution in [1.82, 2.24) is 4.90 Å². The standard InChI is InChI=1S/C15H20ClNO4/c1-10(2)14(15(20)17(3)8-7-13(18)19)21-12-6-4-5-11(16)9-12/h4-6,9-10,14H,7-8H2,1-3H3,(H,18,19). The third kappa shape index (κ3) is 5.63. The van der Waals surface area contributed by atoms with Crippen LogP contribution in [0.5, 0.6) is 5.75 Å². The van der Waals surface area contributed by atoms with E-state index < -0.39 is 12.1 Å². The third-order valence-corrected chi connectivity index (χ3v) is 3.18. The largest absolute Gasteiger partial charge is 0.481 e. The molecule has 0 aliphatic heterocycles. The van der Waals surface area contributed by atoms with Gasteiger partial charge in [0.2, 0.25) is 0 Å². The summed E-state index contributed by atoms with van der Waals surface area (Å²) in [5.41, 5.74) is 0. The normalized spacial score (nSPS) is 12.0. The number of halogens is 1. The Balaban J connectivity index is 2.76. The number of carboxylic acids is 1. The van der Waals surface area contributed by atoms with E-state index in [9.17, 15) is 9.59 Å². The molecule has 21 heavy (non-hydrogen) atoms. The van der Waals surface area contributed by atoms with Gasteiger partial charge >= 0.3 is 5.97 Å². The highest BCUT2D eigenvalue weighted by molar-refractivity contribution is 6.30. The summed E-state index contributed by atoms with van der Waals surface area (Å²) in [4.78, 5) is 24.3. The number of ether oxygens (including phenoxy) is 1. The number of carbonyl (C=O) groups is 2. The number of likely N-dealkylation sites (N-methyl/N-ethyl adjacent to an activating group) is 1. The first-order chi connectivity index (χ1) is 9.81. The number of carboxylic acid groups (broad SMARTS) is 1. The van der Waals surface area contributed by atoms with Gasteiger partial charge in [-0.3, -0.25) is 9.59 Å². The first kappa shape index (κ1) is 17.3. The van der Waals surface area contributed by atoms with Crippen molar-refractivity contribution in [2.24, 2.45) is 5.92 Å². The van der Waals surface area contributed by atoms with Gasteiger partial charge in [-0.05, 0) is 24.1 Å². The van der Waals surface area contributed by atoms with E-state index in [0.29, 0.717) is 10.8 Å². The van der Waals surface area contributed by atoms with Gasteiger partial charge < -0.3 is 14.7 Å². The number of rotatable bonds is 7. The molecule has 0 aliphatic rings. The van der Waals surface area contributed by atoms with Crippen LogP contribution in [-0.4, -0.2) is 41.6 Å². The van der Waals surface area contributed by atoms with Crippen LogP contribution in [0.25, 0.3) is 0 Å². The summed E-state index contributed by atoms with van der Waals surface area (Å²) in [7, 11) is 1.57. The molecule has 0 aromatic heterocycles. The first-order valence-electron chi connectivity index (χ1n) is 6.70. The molecule has 1 atom stereocenters. The van der Waals surface area contributed by atoms with Gasteiger partial charge in [0, 0.05) is 18.6 Å². The molecule has 6 heteroatoms. The van der Waals surface area contributed by atoms with E-state index in [1.54, 1.807) is 31.3 Å². The van der Waals surface area contributed by atoms with E-state index >= 15 is 0 Å². The number of benzene rings is 1. The van der Waals surface area contributed by atoms with Crippen LogP contribution < -0.4 is 4.74 Å². The molecule has 0 aliphatic carbocycles. The molecule has 1 aromatic rings. The zero-order valence-corrected chi connectivity index (χ0v) is 13.1. The average Bonchev–Trinajstić information content (AvgIpc) is 2.41. The van der Waals surface area contributed by atoms with Gasteiger partial charge in [-0.25, -0.2) is 0 Å². The Morgan fingerprint density at radius 1 is 1.38 bits per heavy atom. The molecular formula is C15H20ClNO4. The SMILES string of the molecule is CC(C)C(Oc1cccc(Cl)c1)C(=O)N(C)CCC(=O)O. The highest BCUT2D eigenvalue weighted by atomic mass is 35.5. The second kappa shape index (κ2) is 7.88. The molecule has 1 amide bonds. The van der Waals surface area contributed by atoms with Crippen molar-refractivity contribution in [1.29, 1.82) is 0 Å². The molecular weight excluding hydrogens is 294 g/mol. The maximum atomic E-state index is 12.4. The Labute approximate surface area is 129 Å². The number of amides is 1. The van der Waals surface area contributed by atoms with E-state index in [2.05, 4.69) is 0 Å². The minimum absolute atomic E-state index is 0.0521. The monoisotopic (exact) mass is 313 g/mol. The Bertz CT molecular complexity index is 504. The van der Waals surface area contributed by atoms with E-state index in [1.165, 1.54) is 4.90 Å². The fourth-order valence-corrected chi connectivity index (χ4v) is 1.93. The number of hydrogen-bond donors (Lipinski definition) is 1. The molecule has 1 unspecified atom stereocenters. The molecule has 116 valence electrons. The molecule has 0 saturated carbocycles. The van der Waals surface area contributed by atoms with Gasteiger partial charge in [-0.1, -0.05) is 31.5 Å². The van der Waals surface area contributed by atoms with Gasteiger partial charge in [0.1, 0.15) is 5.75 Å². The van der Waals surface area contributed by atoms with Gasteiger partial charge in [-0.15, -0.1) is 0 Å². The van der Waals surface area contributed by atoms with E-state index in [0.717, 1.165) is 0 Å². The number of aliphatic carboxylic acids is 1. The lowest BCUT2D eigenvalue weighted by atomic mass is 10.1. The predicted molar refractivity (Wildman–Crippen MR) is 80.6 cm³/mol. The van der Waals surface area contributed by atoms with Crippen molar-refractivity contribution >= 4 is 23.5 Å². The van der Waals surface area contributed by atoms with Crippen LogP contribution in [-0.2, 0) is 9.59 Å². The van der Waals surface area contributed by atoms with Gasteiger partial charge in [-0.2, -0.15) is 0 Å². The zero-order valence-electron chi connectivity index (χ0n) is 12.4. The van der Waals surface area contributed by atoms with Gasteiger partial charge in [0.25, 0.3) is 5.91 Å². The Morgan fingerprint density at radius 3 is 2.57 bits per heavy atom. The molecule has 0 saturated heterocycles. The van der Waals surface area contributed by atoms with Crippen LogP contribution in [0, 0.1) is 5.92 Å². The fraction of sp³-hybridized carbons (Fsp3) is 0.467. The highest BCUT2D eigenvalue weighted by Gasteiger charge is 2.27. The average molecular weight is 314 g/mol. The summed E-state index contributed by atoms with van der Waals surface area (Å²) in [6, 6.07) is 6.83. The second-order valence-electron chi connectivity index (χ2n) is 5.14. The molecule has 1 aromatic carbocycles. The lowest BCUT2D eigenvalue weighted by molar-refractivity contribution is -0.141. The minimum atomic E-state index is -0.938. The van der Waals surface area contributed by atoms with Gasteiger partial charge in [0.15, 0.2) is 6.10 Å². The number of carbonyl (C=O) groups excluding carboxylic acids is 1. The fourth-order valence-electron chi connectivity index (χ4n) is 1.75. The van der Waals surface area contributed by atoms with Crippen LogP contribution in [0.15, 0.2) is 24.3 Å². The predicted octanol–water partition coefficient (Wildman–Crippen LogP) is 2.68. The molecule has 1 rings (SSSR count). The minimum Gasteiger partial charge on any atom is -0.481 e. The Hall–Kier alpha value is -1.75. The van der Waals surface area contributed by atoms with Crippen molar-refractivity contribution in [2.75, 3.05) is 13.6 Å². The number of nitrogens with zero attached hydrogens (tertiary/aromatic N) is 1. The van der Waals surface area contributed by atoms with Crippen molar-refractivity contribution < 1.29 is 19.4 Å². The van der Waals surface area contributed by atoms with Crippen molar-refractivity contribution in [3.05, 3.63) is 29.3 Å². The van der Waals surface area contributed by atoms with Crippen LogP contribution in [0.1, 0.15) is 20.3 Å². The molecule has 0 bridgehead atoms. The Kier molecular flexibility index (Phi) is 6.49. The highest BCUT2D eigenvalue weighted by Crippen LogP contribution is 2.21. The summed E-state index contributed by atoms with van der Waals surface area (Å²) in [6.07, 6.45) is -0.771. The molecule has 0 spiro atoms. The lowest BCUT2D eigenvalue weighted by Crippen LogP contribution is -2.43. The van der Waals surface area contributed by atoms with E-state index in [-0.39, 0.29) is 24.8 Å². The quantitative estimate of drug-likeness (QED) is 0.840. The third-order valence-electron chi connectivity index (χ3n) is 2.95. The summed E-state index contributed by atoms with van der Waals surface area (Å²) in [5, 5.41) is 9.20. The van der Waals surface area contributed by atoms with Crippen molar-refractivity contribution in [2.45, 2.75) is 26.4 Å². The van der Waals surface area contributed by atoms with E-state index in [4.69, 9.17) is 21.4 Å². The second-order valence-corrected chi connectivity index (χ2v) is 5.58. The smallest absolute Gasteiger partial charge is 0.305 e. The van der Waals surface area contributed by atoms with Crippen molar-refractivity contribution in [3.8, 4) is 5.75 Å². The van der Waals surface area contributed by atoms with Crippen molar-refractivity contribution in [3.63, 3.8) is 0 Å².